The first-order valence-corrected chi connectivity index (χ1v) is 5.89. The molecule has 0 saturated heterocycles. The summed E-state index contributed by atoms with van der Waals surface area (Å²) in [6.45, 7) is 0. The summed E-state index contributed by atoms with van der Waals surface area (Å²) in [7, 11) is 3.16. The van der Waals surface area contributed by atoms with E-state index in [1.807, 2.05) is 0 Å². The predicted molar refractivity (Wildman–Crippen MR) is 69.4 cm³/mol. The van der Waals surface area contributed by atoms with E-state index in [9.17, 15) is 0 Å². The number of rotatable bonds is 4. The molecule has 0 spiro atoms. The van der Waals surface area contributed by atoms with Crippen molar-refractivity contribution in [2.45, 2.75) is 0 Å². The van der Waals surface area contributed by atoms with E-state index < -0.39 is 0 Å². The van der Waals surface area contributed by atoms with Gasteiger partial charge < -0.3 is 14.2 Å². The van der Waals surface area contributed by atoms with Gasteiger partial charge in [0.25, 0.3) is 0 Å². The first-order chi connectivity index (χ1) is 8.71. The highest BCUT2D eigenvalue weighted by atomic mass is 79.9. The zero-order valence-electron chi connectivity index (χ0n) is 9.88. The van der Waals surface area contributed by atoms with Gasteiger partial charge in [0.2, 0.25) is 5.88 Å². The first-order valence-electron chi connectivity index (χ1n) is 5.09. The monoisotopic (exact) mass is 310 g/mol. The van der Waals surface area contributed by atoms with E-state index in [1.165, 1.54) is 6.20 Å². The number of methoxy groups -OCH3 is 2. The van der Waals surface area contributed by atoms with E-state index in [-0.39, 0.29) is 0 Å². The third-order valence-electron chi connectivity index (χ3n) is 2.14. The van der Waals surface area contributed by atoms with Gasteiger partial charge in [-0.1, -0.05) is 0 Å². The van der Waals surface area contributed by atoms with Gasteiger partial charge in [-0.3, -0.25) is 0 Å². The van der Waals surface area contributed by atoms with Crippen molar-refractivity contribution < 1.29 is 14.2 Å². The van der Waals surface area contributed by atoms with Gasteiger partial charge in [0, 0.05) is 18.2 Å². The lowest BCUT2D eigenvalue weighted by Gasteiger charge is -2.09. The van der Waals surface area contributed by atoms with Crippen LogP contribution >= 0.6 is 15.9 Å². The van der Waals surface area contributed by atoms with Crippen LogP contribution in [0.2, 0.25) is 0 Å². The molecular weight excluding hydrogens is 300 g/mol. The second-order valence-electron chi connectivity index (χ2n) is 3.33. The molecule has 0 saturated carbocycles. The Labute approximate surface area is 113 Å². The summed E-state index contributed by atoms with van der Waals surface area (Å²) in [5, 5.41) is 0. The zero-order chi connectivity index (χ0) is 13.0. The van der Waals surface area contributed by atoms with Crippen LogP contribution in [0.5, 0.6) is 23.1 Å². The van der Waals surface area contributed by atoms with Crippen molar-refractivity contribution in [3.05, 3.63) is 35.2 Å². The van der Waals surface area contributed by atoms with Gasteiger partial charge in [0.15, 0.2) is 0 Å². The summed E-state index contributed by atoms with van der Waals surface area (Å²) in [6, 6.07) is 5.25. The van der Waals surface area contributed by atoms with Gasteiger partial charge >= 0.3 is 0 Å². The topological polar surface area (TPSA) is 53.5 Å². The molecule has 2 aromatic rings. The number of halogens is 1. The molecule has 1 aromatic heterocycles. The minimum absolute atomic E-state index is 0.397. The highest BCUT2D eigenvalue weighted by Crippen LogP contribution is 2.29. The summed E-state index contributed by atoms with van der Waals surface area (Å²) < 4.78 is 16.5. The van der Waals surface area contributed by atoms with Crippen LogP contribution in [-0.4, -0.2) is 24.2 Å². The van der Waals surface area contributed by atoms with Crippen LogP contribution in [0.15, 0.2) is 35.2 Å². The Kier molecular flexibility index (Phi) is 3.99. The van der Waals surface area contributed by atoms with Crippen molar-refractivity contribution in [1.29, 1.82) is 0 Å². The molecule has 1 heterocycles. The van der Waals surface area contributed by atoms with Gasteiger partial charge in [0.1, 0.15) is 21.9 Å². The maximum absolute atomic E-state index is 5.56. The summed E-state index contributed by atoms with van der Waals surface area (Å²) in [4.78, 5) is 8.10. The average Bonchev–Trinajstić information content (AvgIpc) is 2.41. The number of nitrogens with zero attached hydrogens (tertiary/aromatic N) is 2. The molecule has 6 heteroatoms. The van der Waals surface area contributed by atoms with Crippen LogP contribution in [0, 0.1) is 0 Å². The Hall–Kier alpha value is -1.82. The van der Waals surface area contributed by atoms with Crippen molar-refractivity contribution in [3.8, 4) is 23.1 Å². The molecule has 0 aliphatic heterocycles. The quantitative estimate of drug-likeness (QED) is 0.868. The van der Waals surface area contributed by atoms with Crippen LogP contribution in [0.3, 0.4) is 0 Å². The summed E-state index contributed by atoms with van der Waals surface area (Å²) in [5.74, 6) is 2.26. The largest absolute Gasteiger partial charge is 0.496 e. The maximum Gasteiger partial charge on any atom is 0.237 e. The molecule has 1 aromatic carbocycles. The third kappa shape index (κ3) is 3.10. The van der Waals surface area contributed by atoms with Crippen LogP contribution < -0.4 is 14.2 Å². The molecule has 5 nitrogen and oxygen atoms in total. The van der Waals surface area contributed by atoms with Crippen molar-refractivity contribution in [2.75, 3.05) is 14.2 Å². The zero-order valence-corrected chi connectivity index (χ0v) is 11.5. The fourth-order valence-corrected chi connectivity index (χ4v) is 1.52. The van der Waals surface area contributed by atoms with E-state index in [1.54, 1.807) is 38.6 Å². The normalized spacial score (nSPS) is 9.94. The first kappa shape index (κ1) is 12.6. The van der Waals surface area contributed by atoms with Gasteiger partial charge in [-0.25, -0.2) is 9.97 Å². The molecular formula is C12H11BrN2O3. The van der Waals surface area contributed by atoms with Crippen molar-refractivity contribution in [2.24, 2.45) is 0 Å². The van der Waals surface area contributed by atoms with Crippen LogP contribution in [-0.2, 0) is 0 Å². The van der Waals surface area contributed by atoms with Gasteiger partial charge in [-0.2, -0.15) is 0 Å². The molecule has 18 heavy (non-hydrogen) atoms. The molecule has 94 valence electrons. The molecule has 0 bridgehead atoms. The number of ether oxygens (including phenoxy) is 3. The number of hydrogen-bond acceptors (Lipinski definition) is 5. The van der Waals surface area contributed by atoms with E-state index in [0.29, 0.717) is 27.7 Å². The van der Waals surface area contributed by atoms with Crippen LogP contribution in [0.25, 0.3) is 0 Å². The molecule has 0 fully saturated rings. The Balaban J connectivity index is 2.25. The lowest BCUT2D eigenvalue weighted by atomic mass is 10.3. The number of hydrogen-bond donors (Lipinski definition) is 0. The maximum atomic E-state index is 5.56. The van der Waals surface area contributed by atoms with Crippen molar-refractivity contribution >= 4 is 15.9 Å². The van der Waals surface area contributed by atoms with E-state index in [0.717, 1.165) is 0 Å². The van der Waals surface area contributed by atoms with E-state index in [2.05, 4.69) is 25.9 Å². The Morgan fingerprint density at radius 1 is 0.889 bits per heavy atom. The molecule has 0 amide bonds. The summed E-state index contributed by atoms with van der Waals surface area (Å²) in [6.07, 6.45) is 3.09. The summed E-state index contributed by atoms with van der Waals surface area (Å²) in [5.41, 5.74) is 0. The van der Waals surface area contributed by atoms with Crippen molar-refractivity contribution in [1.82, 2.24) is 9.97 Å². The third-order valence-corrected chi connectivity index (χ3v) is 2.55. The lowest BCUT2D eigenvalue weighted by molar-refractivity contribution is 0.384. The Morgan fingerprint density at radius 3 is 2.00 bits per heavy atom. The molecule has 0 atom stereocenters. The van der Waals surface area contributed by atoms with Crippen LogP contribution in [0.1, 0.15) is 0 Å². The SMILES string of the molecule is COc1cc(OC)cc(Oc2cnc(Br)cn2)c1. The standard InChI is InChI=1S/C12H11BrN2O3/c1-16-8-3-9(17-2)5-10(4-8)18-12-7-14-11(13)6-15-12/h3-7H,1-2H3. The lowest BCUT2D eigenvalue weighted by Crippen LogP contribution is -1.92. The molecule has 0 aliphatic rings. The highest BCUT2D eigenvalue weighted by molar-refractivity contribution is 9.10. The number of aromatic nitrogens is 2. The minimum Gasteiger partial charge on any atom is -0.496 e. The van der Waals surface area contributed by atoms with Gasteiger partial charge in [-0.15, -0.1) is 0 Å². The van der Waals surface area contributed by atoms with Gasteiger partial charge in [0.05, 0.1) is 26.6 Å². The molecule has 0 N–H and O–H groups in total. The fourth-order valence-electron chi connectivity index (χ4n) is 1.31. The second-order valence-corrected chi connectivity index (χ2v) is 4.14. The fraction of sp³-hybridized carbons (Fsp3) is 0.167. The predicted octanol–water partition coefficient (Wildman–Crippen LogP) is 3.05. The second kappa shape index (κ2) is 5.68. The number of benzene rings is 1. The highest BCUT2D eigenvalue weighted by Gasteiger charge is 2.05. The Morgan fingerprint density at radius 2 is 1.50 bits per heavy atom. The molecule has 0 radical (unpaired) electrons. The molecule has 0 unspecified atom stereocenters. The van der Waals surface area contributed by atoms with E-state index >= 15 is 0 Å². The molecule has 2 rings (SSSR count). The van der Waals surface area contributed by atoms with E-state index in [4.69, 9.17) is 14.2 Å². The van der Waals surface area contributed by atoms with Crippen LogP contribution in [0.4, 0.5) is 0 Å². The Bertz CT molecular complexity index is 509. The smallest absolute Gasteiger partial charge is 0.237 e. The van der Waals surface area contributed by atoms with Gasteiger partial charge in [-0.05, 0) is 15.9 Å². The molecule has 0 aliphatic carbocycles. The average molecular weight is 311 g/mol. The summed E-state index contributed by atoms with van der Waals surface area (Å²) >= 11 is 3.21. The van der Waals surface area contributed by atoms with Crippen molar-refractivity contribution in [3.63, 3.8) is 0 Å². The minimum atomic E-state index is 0.397.